The second-order valence-corrected chi connectivity index (χ2v) is 8.31. The Kier molecular flexibility index (Phi) is 6.79. The number of nitrogens with one attached hydrogen (secondary N) is 2. The lowest BCUT2D eigenvalue weighted by Gasteiger charge is -2.22. The monoisotopic (exact) mass is 450 g/mol. The molecule has 0 radical (unpaired) electrons. The summed E-state index contributed by atoms with van der Waals surface area (Å²) in [6.45, 7) is 5.07. The summed E-state index contributed by atoms with van der Waals surface area (Å²) in [4.78, 5) is 25.6. The Morgan fingerprint density at radius 2 is 1.85 bits per heavy atom. The van der Waals surface area contributed by atoms with Gasteiger partial charge in [-0.25, -0.2) is 9.97 Å². The highest BCUT2D eigenvalue weighted by atomic mass is 16.1. The summed E-state index contributed by atoms with van der Waals surface area (Å²) in [5.41, 5.74) is 4.93. The fourth-order valence-electron chi connectivity index (χ4n) is 3.98. The molecule has 2 aromatic carbocycles. The van der Waals surface area contributed by atoms with Gasteiger partial charge < -0.3 is 10.6 Å². The van der Waals surface area contributed by atoms with Crippen molar-refractivity contribution in [2.75, 3.05) is 18.9 Å². The SMILES string of the molecule is CNC(=O)c1ccnc2c(C(C)[C@H](C)CNc3cc(-c4ccc(C#N)cc4)ncn3)cccc12. The number of amides is 1. The van der Waals surface area contributed by atoms with Crippen LogP contribution in [0.15, 0.2) is 67.1 Å². The Bertz CT molecular complexity index is 1360. The van der Waals surface area contributed by atoms with Crippen LogP contribution in [0.5, 0.6) is 0 Å². The third-order valence-corrected chi connectivity index (χ3v) is 6.20. The molecule has 2 atom stereocenters. The predicted molar refractivity (Wildman–Crippen MR) is 133 cm³/mol. The van der Waals surface area contributed by atoms with Crippen molar-refractivity contribution in [3.05, 3.63) is 83.8 Å². The van der Waals surface area contributed by atoms with Crippen LogP contribution in [0.3, 0.4) is 0 Å². The zero-order valence-electron chi connectivity index (χ0n) is 19.4. The van der Waals surface area contributed by atoms with E-state index in [1.807, 2.05) is 30.3 Å². The molecule has 0 bridgehead atoms. The van der Waals surface area contributed by atoms with E-state index >= 15 is 0 Å². The molecule has 0 aliphatic rings. The summed E-state index contributed by atoms with van der Waals surface area (Å²) in [5, 5.41) is 16.0. The molecule has 0 saturated carbocycles. The molecule has 2 aromatic heterocycles. The number of aromatic nitrogens is 3. The van der Waals surface area contributed by atoms with E-state index in [1.165, 1.54) is 0 Å². The molecule has 0 saturated heterocycles. The molecule has 4 aromatic rings. The molecule has 0 aliphatic heterocycles. The molecular weight excluding hydrogens is 424 g/mol. The van der Waals surface area contributed by atoms with E-state index in [1.54, 1.807) is 37.8 Å². The number of carbonyl (C=O) groups excluding carboxylic acids is 1. The highest BCUT2D eigenvalue weighted by molar-refractivity contribution is 6.06. The lowest BCUT2D eigenvalue weighted by molar-refractivity contribution is 0.0964. The number of benzene rings is 2. The molecule has 1 amide bonds. The molecule has 2 N–H and O–H groups in total. The topological polar surface area (TPSA) is 104 Å². The van der Waals surface area contributed by atoms with Crippen LogP contribution in [0.2, 0.25) is 0 Å². The minimum absolute atomic E-state index is 0.117. The van der Waals surface area contributed by atoms with Gasteiger partial charge in [0.25, 0.3) is 5.91 Å². The molecule has 0 fully saturated rings. The summed E-state index contributed by atoms with van der Waals surface area (Å²) < 4.78 is 0. The van der Waals surface area contributed by atoms with Crippen molar-refractivity contribution < 1.29 is 4.79 Å². The normalized spacial score (nSPS) is 12.5. The molecular formula is C27H26N6O. The van der Waals surface area contributed by atoms with Crippen molar-refractivity contribution in [1.29, 1.82) is 5.26 Å². The van der Waals surface area contributed by atoms with E-state index in [9.17, 15) is 4.79 Å². The van der Waals surface area contributed by atoms with E-state index in [4.69, 9.17) is 5.26 Å². The van der Waals surface area contributed by atoms with Gasteiger partial charge in [0.15, 0.2) is 0 Å². The first kappa shape index (κ1) is 22.9. The van der Waals surface area contributed by atoms with Crippen LogP contribution in [-0.2, 0) is 0 Å². The maximum Gasteiger partial charge on any atom is 0.251 e. The second kappa shape index (κ2) is 10.1. The molecule has 7 nitrogen and oxygen atoms in total. The maximum atomic E-state index is 12.3. The number of carbonyl (C=O) groups is 1. The van der Waals surface area contributed by atoms with Crippen LogP contribution in [0, 0.1) is 17.2 Å². The second-order valence-electron chi connectivity index (χ2n) is 8.31. The summed E-state index contributed by atoms with van der Waals surface area (Å²) in [6.07, 6.45) is 3.23. The third-order valence-electron chi connectivity index (χ3n) is 6.20. The van der Waals surface area contributed by atoms with Gasteiger partial charge in [-0.15, -0.1) is 0 Å². The number of hydrogen-bond donors (Lipinski definition) is 2. The lowest BCUT2D eigenvalue weighted by atomic mass is 9.87. The van der Waals surface area contributed by atoms with Gasteiger partial charge in [0.05, 0.1) is 28.4 Å². The number of nitriles is 1. The average Bonchev–Trinajstić information content (AvgIpc) is 2.90. The van der Waals surface area contributed by atoms with Gasteiger partial charge in [-0.1, -0.05) is 44.2 Å². The molecule has 34 heavy (non-hydrogen) atoms. The van der Waals surface area contributed by atoms with E-state index in [2.05, 4.69) is 51.6 Å². The summed E-state index contributed by atoms with van der Waals surface area (Å²) in [7, 11) is 1.63. The summed E-state index contributed by atoms with van der Waals surface area (Å²) >= 11 is 0. The average molecular weight is 451 g/mol. The molecule has 0 aliphatic carbocycles. The number of hydrogen-bond acceptors (Lipinski definition) is 6. The van der Waals surface area contributed by atoms with Crippen LogP contribution < -0.4 is 10.6 Å². The van der Waals surface area contributed by atoms with Crippen LogP contribution in [0.25, 0.3) is 22.2 Å². The van der Waals surface area contributed by atoms with Gasteiger partial charge >= 0.3 is 0 Å². The number of pyridine rings is 1. The quantitative estimate of drug-likeness (QED) is 0.420. The molecule has 0 spiro atoms. The van der Waals surface area contributed by atoms with Crippen LogP contribution in [0.4, 0.5) is 5.82 Å². The van der Waals surface area contributed by atoms with Crippen molar-refractivity contribution in [3.63, 3.8) is 0 Å². The van der Waals surface area contributed by atoms with Gasteiger partial charge in [-0.2, -0.15) is 5.26 Å². The zero-order chi connectivity index (χ0) is 24.1. The number of rotatable bonds is 7. The van der Waals surface area contributed by atoms with Crippen LogP contribution in [-0.4, -0.2) is 34.5 Å². The Labute approximate surface area is 198 Å². The number of nitrogens with zero attached hydrogens (tertiary/aromatic N) is 4. The van der Waals surface area contributed by atoms with E-state index < -0.39 is 0 Å². The van der Waals surface area contributed by atoms with Gasteiger partial charge in [0.2, 0.25) is 0 Å². The number of anilines is 1. The maximum absolute atomic E-state index is 12.3. The lowest BCUT2D eigenvalue weighted by Crippen LogP contribution is -2.19. The highest BCUT2D eigenvalue weighted by Crippen LogP contribution is 2.31. The first-order valence-corrected chi connectivity index (χ1v) is 11.2. The first-order chi connectivity index (χ1) is 16.5. The fourth-order valence-corrected chi connectivity index (χ4v) is 3.98. The molecule has 2 heterocycles. The Balaban J connectivity index is 1.51. The Hall–Kier alpha value is -4.31. The largest absolute Gasteiger partial charge is 0.370 e. The standard InChI is InChI=1S/C27H26N6O/c1-17(15-31-25-13-24(32-16-33-25)20-9-7-19(14-28)8-10-20)18(2)21-5-4-6-22-23(27(34)29-3)11-12-30-26(21)22/h4-13,16-18H,15H2,1-3H3,(H,29,34)(H,31,32,33)/t17-,18?/m1/s1. The number of fused-ring (bicyclic) bond motifs is 1. The molecule has 7 heteroatoms. The Morgan fingerprint density at radius 1 is 1.06 bits per heavy atom. The van der Waals surface area contributed by atoms with Crippen molar-refractivity contribution in [2.45, 2.75) is 19.8 Å². The van der Waals surface area contributed by atoms with Crippen LogP contribution >= 0.6 is 0 Å². The van der Waals surface area contributed by atoms with Crippen molar-refractivity contribution in [2.24, 2.45) is 5.92 Å². The third kappa shape index (κ3) is 4.71. The van der Waals surface area contributed by atoms with Crippen molar-refractivity contribution >= 4 is 22.6 Å². The van der Waals surface area contributed by atoms with E-state index in [0.717, 1.165) is 33.5 Å². The van der Waals surface area contributed by atoms with E-state index in [0.29, 0.717) is 17.7 Å². The summed E-state index contributed by atoms with van der Waals surface area (Å²) in [6, 6.07) is 19.1. The van der Waals surface area contributed by atoms with Crippen molar-refractivity contribution in [1.82, 2.24) is 20.3 Å². The minimum atomic E-state index is -0.117. The van der Waals surface area contributed by atoms with Gasteiger partial charge in [0, 0.05) is 36.8 Å². The predicted octanol–water partition coefficient (Wildman–Crippen LogP) is 4.77. The molecule has 1 unspecified atom stereocenters. The number of para-hydroxylation sites is 1. The van der Waals surface area contributed by atoms with Crippen molar-refractivity contribution in [3.8, 4) is 17.3 Å². The fraction of sp³-hybridized carbons (Fsp3) is 0.222. The van der Waals surface area contributed by atoms with E-state index in [-0.39, 0.29) is 17.7 Å². The van der Waals surface area contributed by atoms with Gasteiger partial charge in [0.1, 0.15) is 12.1 Å². The highest BCUT2D eigenvalue weighted by Gasteiger charge is 2.19. The van der Waals surface area contributed by atoms with Crippen LogP contribution in [0.1, 0.15) is 41.3 Å². The van der Waals surface area contributed by atoms with Gasteiger partial charge in [-0.05, 0) is 35.6 Å². The smallest absolute Gasteiger partial charge is 0.251 e. The minimum Gasteiger partial charge on any atom is -0.370 e. The van der Waals surface area contributed by atoms with Gasteiger partial charge in [-0.3, -0.25) is 9.78 Å². The molecule has 170 valence electrons. The first-order valence-electron chi connectivity index (χ1n) is 11.2. The Morgan fingerprint density at radius 3 is 2.59 bits per heavy atom. The molecule has 4 rings (SSSR count). The summed E-state index contributed by atoms with van der Waals surface area (Å²) in [5.74, 6) is 1.09. The zero-order valence-corrected chi connectivity index (χ0v) is 19.4.